The van der Waals surface area contributed by atoms with Crippen LogP contribution in [0.2, 0.25) is 0 Å². The van der Waals surface area contributed by atoms with Gasteiger partial charge in [0.2, 0.25) is 0 Å². The molecule has 0 aromatic rings. The highest BCUT2D eigenvalue weighted by Gasteiger charge is 2.59. The SMILES string of the molecule is CC(C)(C)CC(C)(C)C1([N+](=O)[O-])C=CC=CC1N. The smallest absolute Gasteiger partial charge is 0.263 e. The van der Waals surface area contributed by atoms with E-state index < -0.39 is 17.0 Å². The van der Waals surface area contributed by atoms with Gasteiger partial charge in [-0.15, -0.1) is 0 Å². The molecule has 0 saturated carbocycles. The highest BCUT2D eigenvalue weighted by atomic mass is 16.6. The molecule has 0 bridgehead atoms. The summed E-state index contributed by atoms with van der Waals surface area (Å²) >= 11 is 0. The molecule has 0 aliphatic heterocycles. The average Bonchev–Trinajstić information content (AvgIpc) is 2.13. The summed E-state index contributed by atoms with van der Waals surface area (Å²) < 4.78 is 0. The lowest BCUT2D eigenvalue weighted by Crippen LogP contribution is -2.62. The minimum atomic E-state index is -1.23. The van der Waals surface area contributed by atoms with Gasteiger partial charge in [-0.25, -0.2) is 0 Å². The topological polar surface area (TPSA) is 69.2 Å². The Hall–Kier alpha value is -1.16. The first-order chi connectivity index (χ1) is 8.03. The Morgan fingerprint density at radius 2 is 1.83 bits per heavy atom. The second-order valence-electron chi connectivity index (χ2n) is 6.97. The van der Waals surface area contributed by atoms with E-state index in [2.05, 4.69) is 20.8 Å². The molecule has 4 heteroatoms. The summed E-state index contributed by atoms with van der Waals surface area (Å²) in [4.78, 5) is 11.4. The number of hydrogen-bond acceptors (Lipinski definition) is 3. The highest BCUT2D eigenvalue weighted by Crippen LogP contribution is 2.46. The molecule has 0 amide bonds. The first kappa shape index (κ1) is 14.9. The molecule has 1 rings (SSSR count). The van der Waals surface area contributed by atoms with Crippen LogP contribution in [0.3, 0.4) is 0 Å². The Kier molecular flexibility index (Phi) is 3.73. The third-order valence-corrected chi connectivity index (χ3v) is 3.65. The number of hydrogen-bond donors (Lipinski definition) is 1. The molecule has 2 atom stereocenters. The van der Waals surface area contributed by atoms with Crippen molar-refractivity contribution in [2.45, 2.75) is 52.6 Å². The van der Waals surface area contributed by atoms with Crippen LogP contribution in [0.4, 0.5) is 0 Å². The van der Waals surface area contributed by atoms with Crippen molar-refractivity contribution in [3.05, 3.63) is 34.4 Å². The molecule has 0 aromatic carbocycles. The molecule has 1 aliphatic rings. The Balaban J connectivity index is 3.25. The van der Waals surface area contributed by atoms with Crippen molar-refractivity contribution >= 4 is 0 Å². The molecule has 4 nitrogen and oxygen atoms in total. The van der Waals surface area contributed by atoms with Crippen molar-refractivity contribution in [2.75, 3.05) is 0 Å². The van der Waals surface area contributed by atoms with Gasteiger partial charge in [0.15, 0.2) is 0 Å². The largest absolute Gasteiger partial charge is 0.318 e. The fourth-order valence-corrected chi connectivity index (χ4v) is 3.22. The van der Waals surface area contributed by atoms with Gasteiger partial charge in [0.1, 0.15) is 0 Å². The molecular weight excluding hydrogens is 228 g/mol. The van der Waals surface area contributed by atoms with E-state index >= 15 is 0 Å². The van der Waals surface area contributed by atoms with Gasteiger partial charge in [0.05, 0.1) is 6.04 Å². The average molecular weight is 252 g/mol. The molecule has 2 unspecified atom stereocenters. The summed E-state index contributed by atoms with van der Waals surface area (Å²) in [6.07, 6.45) is 7.61. The predicted octanol–water partition coefficient (Wildman–Crippen LogP) is 2.92. The molecule has 18 heavy (non-hydrogen) atoms. The zero-order chi connectivity index (χ0) is 14.2. The monoisotopic (exact) mass is 252 g/mol. The van der Waals surface area contributed by atoms with E-state index in [1.54, 1.807) is 24.3 Å². The predicted molar refractivity (Wildman–Crippen MR) is 73.8 cm³/mol. The number of rotatable bonds is 3. The van der Waals surface area contributed by atoms with Gasteiger partial charge >= 0.3 is 0 Å². The van der Waals surface area contributed by atoms with Crippen LogP contribution in [0, 0.1) is 20.9 Å². The van der Waals surface area contributed by atoms with Crippen LogP contribution in [0.5, 0.6) is 0 Å². The summed E-state index contributed by atoms with van der Waals surface area (Å²) in [6, 6.07) is -0.588. The second-order valence-corrected chi connectivity index (χ2v) is 6.97. The van der Waals surface area contributed by atoms with Gasteiger partial charge in [-0.3, -0.25) is 10.1 Å². The first-order valence-corrected chi connectivity index (χ1v) is 6.29. The molecule has 0 radical (unpaired) electrons. The Bertz CT molecular complexity index is 391. The lowest BCUT2D eigenvalue weighted by molar-refractivity contribution is -0.578. The van der Waals surface area contributed by atoms with E-state index in [0.717, 1.165) is 6.42 Å². The van der Waals surface area contributed by atoms with E-state index in [-0.39, 0.29) is 10.3 Å². The first-order valence-electron chi connectivity index (χ1n) is 6.29. The summed E-state index contributed by atoms with van der Waals surface area (Å²) in [5, 5.41) is 11.7. The standard InChI is InChI=1S/C14H24N2O2/c1-12(2,3)10-13(4,5)14(16(17)18)9-7-6-8-11(14)15/h6-9,11H,10,15H2,1-5H3. The fraction of sp³-hybridized carbons (Fsp3) is 0.714. The van der Waals surface area contributed by atoms with Crippen molar-refractivity contribution in [1.29, 1.82) is 0 Å². The molecule has 0 aromatic heterocycles. The fourth-order valence-electron chi connectivity index (χ4n) is 3.22. The lowest BCUT2D eigenvalue weighted by Gasteiger charge is -2.43. The molecule has 0 saturated heterocycles. The summed E-state index contributed by atoms with van der Waals surface area (Å²) in [7, 11) is 0. The zero-order valence-electron chi connectivity index (χ0n) is 11.9. The van der Waals surface area contributed by atoms with Gasteiger partial charge in [0, 0.05) is 10.3 Å². The van der Waals surface area contributed by atoms with Crippen LogP contribution in [0.25, 0.3) is 0 Å². The second kappa shape index (κ2) is 4.50. The maximum atomic E-state index is 11.7. The third kappa shape index (κ3) is 2.48. The lowest BCUT2D eigenvalue weighted by atomic mass is 9.61. The van der Waals surface area contributed by atoms with Crippen LogP contribution >= 0.6 is 0 Å². The molecule has 102 valence electrons. The molecule has 1 aliphatic carbocycles. The van der Waals surface area contributed by atoms with Crippen molar-refractivity contribution in [2.24, 2.45) is 16.6 Å². The summed E-state index contributed by atoms with van der Waals surface area (Å²) in [5.41, 5.74) is 4.31. The van der Waals surface area contributed by atoms with Crippen LogP contribution in [-0.4, -0.2) is 16.5 Å². The maximum Gasteiger partial charge on any atom is 0.263 e. The van der Waals surface area contributed by atoms with Gasteiger partial charge in [-0.1, -0.05) is 52.8 Å². The van der Waals surface area contributed by atoms with Crippen molar-refractivity contribution < 1.29 is 4.92 Å². The van der Waals surface area contributed by atoms with Gasteiger partial charge in [-0.2, -0.15) is 0 Å². The van der Waals surface area contributed by atoms with E-state index in [1.807, 2.05) is 13.8 Å². The minimum absolute atomic E-state index is 0.0151. The number of nitrogens with two attached hydrogens (primary N) is 1. The summed E-state index contributed by atoms with van der Waals surface area (Å²) in [6.45, 7) is 10.2. The van der Waals surface area contributed by atoms with Crippen molar-refractivity contribution in [3.8, 4) is 0 Å². The normalized spacial score (nSPS) is 28.4. The van der Waals surface area contributed by atoms with E-state index in [0.29, 0.717) is 0 Å². The zero-order valence-corrected chi connectivity index (χ0v) is 11.9. The number of nitro groups is 1. The van der Waals surface area contributed by atoms with E-state index in [9.17, 15) is 10.1 Å². The molecule has 2 N–H and O–H groups in total. The Morgan fingerprint density at radius 1 is 1.28 bits per heavy atom. The quantitative estimate of drug-likeness (QED) is 0.620. The van der Waals surface area contributed by atoms with Gasteiger partial charge < -0.3 is 5.73 Å². The molecular formula is C14H24N2O2. The number of nitrogens with zero attached hydrogens (tertiary/aromatic N) is 1. The number of allylic oxidation sites excluding steroid dienone is 2. The molecule has 0 fully saturated rings. The minimum Gasteiger partial charge on any atom is -0.318 e. The Morgan fingerprint density at radius 3 is 2.22 bits per heavy atom. The highest BCUT2D eigenvalue weighted by molar-refractivity contribution is 5.27. The third-order valence-electron chi connectivity index (χ3n) is 3.65. The van der Waals surface area contributed by atoms with Crippen LogP contribution in [0.1, 0.15) is 41.0 Å². The van der Waals surface area contributed by atoms with Crippen molar-refractivity contribution in [3.63, 3.8) is 0 Å². The van der Waals surface area contributed by atoms with Crippen LogP contribution in [-0.2, 0) is 0 Å². The van der Waals surface area contributed by atoms with E-state index in [1.165, 1.54) is 0 Å². The molecule has 0 heterocycles. The maximum absolute atomic E-state index is 11.7. The van der Waals surface area contributed by atoms with Gasteiger partial charge in [-0.05, 0) is 17.9 Å². The van der Waals surface area contributed by atoms with Crippen LogP contribution < -0.4 is 5.73 Å². The van der Waals surface area contributed by atoms with Crippen LogP contribution in [0.15, 0.2) is 24.3 Å². The summed E-state index contributed by atoms with van der Waals surface area (Å²) in [5.74, 6) is 0. The molecule has 0 spiro atoms. The van der Waals surface area contributed by atoms with Crippen molar-refractivity contribution in [1.82, 2.24) is 0 Å². The van der Waals surface area contributed by atoms with E-state index in [4.69, 9.17) is 5.73 Å². The Labute approximate surface area is 109 Å². The van der Waals surface area contributed by atoms with Gasteiger partial charge in [0.25, 0.3) is 5.54 Å².